The average molecular weight is 408 g/mol. The predicted molar refractivity (Wildman–Crippen MR) is 102 cm³/mol. The molecule has 27 heavy (non-hydrogen) atoms. The van der Waals surface area contributed by atoms with Gasteiger partial charge in [0.05, 0.1) is 19.1 Å². The van der Waals surface area contributed by atoms with Gasteiger partial charge in [-0.3, -0.25) is 14.9 Å². The number of methoxy groups -OCH3 is 2. The number of hydrogen-bond acceptors (Lipinski definition) is 6. The number of nitro benzene ring substituents is 1. The van der Waals surface area contributed by atoms with Crippen LogP contribution in [0.2, 0.25) is 5.02 Å². The third-order valence-electron chi connectivity index (χ3n) is 3.90. The van der Waals surface area contributed by atoms with Crippen molar-refractivity contribution in [2.45, 2.75) is 0 Å². The Bertz CT molecular complexity index is 1140. The van der Waals surface area contributed by atoms with Crippen LogP contribution in [0.1, 0.15) is 10.4 Å². The largest absolute Gasteiger partial charge is 0.495 e. The molecule has 140 valence electrons. The average Bonchev–Trinajstić information content (AvgIpc) is 2.97. The summed E-state index contributed by atoms with van der Waals surface area (Å²) in [6, 6.07) is 7.28. The molecular weight excluding hydrogens is 394 g/mol. The summed E-state index contributed by atoms with van der Waals surface area (Å²) in [5, 5.41) is 11.4. The number of carbonyl (C=O) groups is 1. The number of amides is 1. The second-order valence-electron chi connectivity index (χ2n) is 5.43. The van der Waals surface area contributed by atoms with Crippen LogP contribution in [-0.4, -0.2) is 29.6 Å². The highest BCUT2D eigenvalue weighted by atomic mass is 35.5. The summed E-state index contributed by atoms with van der Waals surface area (Å²) in [6.45, 7) is 0. The molecule has 8 nitrogen and oxygen atoms in total. The molecule has 0 atom stereocenters. The van der Waals surface area contributed by atoms with Crippen molar-refractivity contribution in [2.75, 3.05) is 14.2 Å². The van der Waals surface area contributed by atoms with Crippen LogP contribution >= 0.6 is 22.9 Å². The fraction of sp³-hybridized carbons (Fsp3) is 0.176. The zero-order valence-electron chi connectivity index (χ0n) is 14.6. The van der Waals surface area contributed by atoms with Gasteiger partial charge < -0.3 is 14.0 Å². The van der Waals surface area contributed by atoms with Gasteiger partial charge in [-0.15, -0.1) is 0 Å². The van der Waals surface area contributed by atoms with E-state index < -0.39 is 10.8 Å². The van der Waals surface area contributed by atoms with Gasteiger partial charge in [-0.2, -0.15) is 4.99 Å². The molecule has 0 spiro atoms. The van der Waals surface area contributed by atoms with Crippen molar-refractivity contribution in [2.24, 2.45) is 12.0 Å². The first-order valence-corrected chi connectivity index (χ1v) is 8.80. The third-order valence-corrected chi connectivity index (χ3v) is 5.28. The van der Waals surface area contributed by atoms with Crippen molar-refractivity contribution >= 4 is 44.7 Å². The van der Waals surface area contributed by atoms with Gasteiger partial charge >= 0.3 is 0 Å². The first-order chi connectivity index (χ1) is 12.9. The van der Waals surface area contributed by atoms with Gasteiger partial charge in [-0.05, 0) is 24.3 Å². The lowest BCUT2D eigenvalue weighted by Crippen LogP contribution is -2.14. The molecule has 10 heteroatoms. The molecule has 1 amide bonds. The van der Waals surface area contributed by atoms with Gasteiger partial charge in [-0.1, -0.05) is 22.9 Å². The van der Waals surface area contributed by atoms with Crippen molar-refractivity contribution in [3.63, 3.8) is 0 Å². The summed E-state index contributed by atoms with van der Waals surface area (Å²) < 4.78 is 13.2. The quantitative estimate of drug-likeness (QED) is 0.486. The van der Waals surface area contributed by atoms with Gasteiger partial charge in [0, 0.05) is 18.1 Å². The van der Waals surface area contributed by atoms with Crippen LogP contribution in [0, 0.1) is 10.1 Å². The van der Waals surface area contributed by atoms with E-state index in [1.54, 1.807) is 23.7 Å². The number of hydrogen-bond donors (Lipinski definition) is 0. The summed E-state index contributed by atoms with van der Waals surface area (Å²) >= 11 is 7.10. The van der Waals surface area contributed by atoms with Gasteiger partial charge in [0.1, 0.15) is 27.3 Å². The highest BCUT2D eigenvalue weighted by Crippen LogP contribution is 2.34. The first kappa shape index (κ1) is 18.9. The Kier molecular flexibility index (Phi) is 5.15. The molecule has 1 heterocycles. The first-order valence-electron chi connectivity index (χ1n) is 7.61. The van der Waals surface area contributed by atoms with Crippen LogP contribution in [0.5, 0.6) is 11.5 Å². The monoisotopic (exact) mass is 407 g/mol. The summed E-state index contributed by atoms with van der Waals surface area (Å²) in [5.74, 6) is 0.436. The number of halogens is 1. The minimum absolute atomic E-state index is 0.177. The molecule has 0 bridgehead atoms. The lowest BCUT2D eigenvalue weighted by atomic mass is 10.2. The number of nitro groups is 1. The number of benzene rings is 2. The van der Waals surface area contributed by atoms with Crippen LogP contribution < -0.4 is 14.3 Å². The summed E-state index contributed by atoms with van der Waals surface area (Å²) in [6.07, 6.45) is 0. The van der Waals surface area contributed by atoms with E-state index in [2.05, 4.69) is 4.99 Å². The Morgan fingerprint density at radius 2 is 1.89 bits per heavy atom. The molecule has 0 aliphatic carbocycles. The van der Waals surface area contributed by atoms with Crippen molar-refractivity contribution in [3.8, 4) is 11.5 Å². The maximum Gasteiger partial charge on any atom is 0.286 e. The van der Waals surface area contributed by atoms with E-state index in [0.29, 0.717) is 21.8 Å². The number of carbonyl (C=O) groups excluding carboxylic acids is 1. The van der Waals surface area contributed by atoms with Gasteiger partial charge in [0.15, 0.2) is 4.80 Å². The standard InChI is InChI=1S/C17H14ClN3O5S/c1-20-14-12(25-2)6-7-13(26-3)15(14)27-17(20)19-16(22)10-8-9(18)4-5-11(10)21(23)24/h4-8H,1-3H3. The molecule has 2 aromatic carbocycles. The maximum absolute atomic E-state index is 12.6. The zero-order chi connectivity index (χ0) is 19.7. The number of aryl methyl sites for hydroxylation is 1. The lowest BCUT2D eigenvalue weighted by molar-refractivity contribution is -0.385. The Hall–Kier alpha value is -2.91. The van der Waals surface area contributed by atoms with Crippen LogP contribution in [0.4, 0.5) is 5.69 Å². The molecule has 0 aliphatic rings. The normalized spacial score (nSPS) is 11.6. The molecule has 3 rings (SSSR count). The van der Waals surface area contributed by atoms with Crippen LogP contribution in [0.15, 0.2) is 35.3 Å². The van der Waals surface area contributed by atoms with Crippen molar-refractivity contribution < 1.29 is 19.2 Å². The van der Waals surface area contributed by atoms with E-state index in [9.17, 15) is 14.9 Å². The van der Waals surface area contributed by atoms with Crippen LogP contribution in [-0.2, 0) is 7.05 Å². The molecule has 0 aliphatic heterocycles. The number of thiazole rings is 1. The summed E-state index contributed by atoms with van der Waals surface area (Å²) in [5.41, 5.74) is 0.171. The fourth-order valence-electron chi connectivity index (χ4n) is 2.62. The maximum atomic E-state index is 12.6. The molecule has 0 fully saturated rings. The van der Waals surface area contributed by atoms with E-state index in [1.807, 2.05) is 0 Å². The van der Waals surface area contributed by atoms with Gasteiger partial charge in [-0.25, -0.2) is 0 Å². The molecule has 1 aromatic heterocycles. The number of rotatable bonds is 4. The third kappa shape index (κ3) is 3.38. The van der Waals surface area contributed by atoms with Crippen LogP contribution in [0.25, 0.3) is 10.2 Å². The lowest BCUT2D eigenvalue weighted by Gasteiger charge is -2.06. The van der Waals surface area contributed by atoms with Gasteiger partial charge in [0.25, 0.3) is 11.6 Å². The highest BCUT2D eigenvalue weighted by Gasteiger charge is 2.21. The minimum atomic E-state index is -0.760. The number of aromatic nitrogens is 1. The molecule has 3 aromatic rings. The molecule has 0 saturated carbocycles. The minimum Gasteiger partial charge on any atom is -0.495 e. The van der Waals surface area contributed by atoms with Crippen molar-refractivity contribution in [1.82, 2.24) is 4.57 Å². The van der Waals surface area contributed by atoms with Crippen LogP contribution in [0.3, 0.4) is 0 Å². The van der Waals surface area contributed by atoms with E-state index in [-0.39, 0.29) is 16.3 Å². The second-order valence-corrected chi connectivity index (χ2v) is 6.84. The summed E-state index contributed by atoms with van der Waals surface area (Å²) in [4.78, 5) is 27.6. The van der Waals surface area contributed by atoms with E-state index >= 15 is 0 Å². The molecule has 0 saturated heterocycles. The van der Waals surface area contributed by atoms with Crippen molar-refractivity contribution in [1.29, 1.82) is 0 Å². The Labute approximate surface area is 162 Å². The molecular formula is C17H14ClN3O5S. The predicted octanol–water partition coefficient (Wildman–Crippen LogP) is 3.56. The highest BCUT2D eigenvalue weighted by molar-refractivity contribution is 7.16. The Balaban J connectivity index is 2.23. The second kappa shape index (κ2) is 7.37. The number of nitrogens with zero attached hydrogens (tertiary/aromatic N) is 3. The Morgan fingerprint density at radius 3 is 2.52 bits per heavy atom. The van der Waals surface area contributed by atoms with E-state index in [0.717, 1.165) is 4.70 Å². The molecule has 0 radical (unpaired) electrons. The SMILES string of the molecule is COc1ccc(OC)c2c1sc(=NC(=O)c1cc(Cl)ccc1[N+](=O)[O-])n2C. The zero-order valence-corrected chi connectivity index (χ0v) is 16.1. The summed E-state index contributed by atoms with van der Waals surface area (Å²) in [7, 11) is 4.80. The number of ether oxygens (including phenoxy) is 2. The Morgan fingerprint density at radius 1 is 1.22 bits per heavy atom. The number of fused-ring (bicyclic) bond motifs is 1. The van der Waals surface area contributed by atoms with E-state index in [1.165, 1.54) is 43.8 Å². The van der Waals surface area contributed by atoms with E-state index in [4.69, 9.17) is 21.1 Å². The smallest absolute Gasteiger partial charge is 0.286 e. The molecule has 0 unspecified atom stereocenters. The topological polar surface area (TPSA) is 96.0 Å². The van der Waals surface area contributed by atoms with Gasteiger partial charge in [0.2, 0.25) is 0 Å². The molecule has 0 N–H and O–H groups in total. The fourth-order valence-corrected chi connectivity index (χ4v) is 3.91. The van der Waals surface area contributed by atoms with Crippen molar-refractivity contribution in [3.05, 3.63) is 55.8 Å².